The topological polar surface area (TPSA) is 101 Å². The molecule has 1 aromatic carbocycles. The number of benzene rings is 1. The van der Waals surface area contributed by atoms with Gasteiger partial charge >= 0.3 is 5.97 Å². The van der Waals surface area contributed by atoms with Crippen molar-refractivity contribution >= 4 is 23.6 Å². The molecule has 0 aliphatic rings. The number of hydrogen-bond acceptors (Lipinski definition) is 4. The van der Waals surface area contributed by atoms with Gasteiger partial charge in [-0.1, -0.05) is 35.9 Å². The zero-order chi connectivity index (χ0) is 12.8. The molecule has 0 bridgehead atoms. The van der Waals surface area contributed by atoms with Crippen molar-refractivity contribution in [1.82, 2.24) is 5.43 Å². The van der Waals surface area contributed by atoms with Crippen LogP contribution in [0, 0.1) is 0 Å². The highest BCUT2D eigenvalue weighted by atomic mass is 35.5. The predicted octanol–water partition coefficient (Wildman–Crippen LogP) is 1.07. The fraction of sp³-hybridized carbons (Fsp3) is 0. The fourth-order valence-electron chi connectivity index (χ4n) is 1.11. The number of allylic oxidation sites excluding steroid dienone is 1. The third-order valence-electron chi connectivity index (χ3n) is 2.01. The molecule has 1 aromatic rings. The molecule has 90 valence electrons. The number of hydrogen-bond donors (Lipinski definition) is 4. The molecule has 0 radical (unpaired) electrons. The molecule has 0 saturated carbocycles. The van der Waals surface area contributed by atoms with Crippen molar-refractivity contribution in [2.75, 3.05) is 0 Å². The first kappa shape index (κ1) is 13.1. The molecule has 0 atom stereocenters. The first-order valence-electron chi connectivity index (χ1n) is 4.68. The Bertz CT molecular complexity index is 483. The smallest absolute Gasteiger partial charge is 0.353 e. The van der Waals surface area contributed by atoms with E-state index in [1.165, 1.54) is 6.08 Å². The van der Waals surface area contributed by atoms with Crippen LogP contribution in [0.25, 0.3) is 6.08 Å². The van der Waals surface area contributed by atoms with Crippen molar-refractivity contribution in [1.29, 1.82) is 0 Å². The quantitative estimate of drug-likeness (QED) is 0.278. The van der Waals surface area contributed by atoms with Gasteiger partial charge in [0.25, 0.3) is 0 Å². The molecule has 6 heteroatoms. The molecule has 1 rings (SSSR count). The number of carboxylic acid groups (broad SMARTS) is 1. The van der Waals surface area contributed by atoms with Crippen molar-refractivity contribution < 1.29 is 9.90 Å². The third kappa shape index (κ3) is 3.51. The van der Waals surface area contributed by atoms with Crippen LogP contribution in [-0.2, 0) is 4.79 Å². The molecule has 0 aliphatic carbocycles. The normalized spacial score (nSPS) is 12.4. The van der Waals surface area contributed by atoms with Gasteiger partial charge in [0, 0.05) is 5.02 Å². The number of nitrogens with one attached hydrogen (secondary N) is 1. The SMILES string of the molecule is NNC(/C=C/c1ccccc1Cl)=C(\N)C(=O)O. The minimum absolute atomic E-state index is 0.109. The Hall–Kier alpha value is -1.98. The maximum atomic E-state index is 10.6. The second-order valence-corrected chi connectivity index (χ2v) is 3.54. The van der Waals surface area contributed by atoms with E-state index in [0.717, 1.165) is 5.56 Å². The van der Waals surface area contributed by atoms with Gasteiger partial charge in [-0.15, -0.1) is 0 Å². The van der Waals surface area contributed by atoms with Crippen LogP contribution in [0.5, 0.6) is 0 Å². The number of aliphatic carboxylic acids is 1. The van der Waals surface area contributed by atoms with Crippen LogP contribution in [0.15, 0.2) is 41.7 Å². The lowest BCUT2D eigenvalue weighted by atomic mass is 10.2. The summed E-state index contributed by atoms with van der Waals surface area (Å²) in [4.78, 5) is 10.6. The van der Waals surface area contributed by atoms with E-state index in [9.17, 15) is 4.79 Å². The van der Waals surface area contributed by atoms with E-state index in [1.807, 2.05) is 6.07 Å². The Morgan fingerprint density at radius 3 is 2.59 bits per heavy atom. The van der Waals surface area contributed by atoms with Gasteiger partial charge in [-0.05, 0) is 17.7 Å². The summed E-state index contributed by atoms with van der Waals surface area (Å²) in [5, 5.41) is 9.25. The van der Waals surface area contributed by atoms with Gasteiger partial charge in [0.2, 0.25) is 0 Å². The lowest BCUT2D eigenvalue weighted by Gasteiger charge is -2.03. The second-order valence-electron chi connectivity index (χ2n) is 3.13. The van der Waals surface area contributed by atoms with Gasteiger partial charge in [0.15, 0.2) is 0 Å². The van der Waals surface area contributed by atoms with Gasteiger partial charge in [-0.2, -0.15) is 0 Å². The van der Waals surface area contributed by atoms with Crippen LogP contribution >= 0.6 is 11.6 Å². The summed E-state index contributed by atoms with van der Waals surface area (Å²) in [7, 11) is 0. The van der Waals surface area contributed by atoms with Crippen LogP contribution in [0.2, 0.25) is 5.02 Å². The van der Waals surface area contributed by atoms with E-state index in [-0.39, 0.29) is 11.4 Å². The number of rotatable bonds is 4. The highest BCUT2D eigenvalue weighted by Gasteiger charge is 2.06. The summed E-state index contributed by atoms with van der Waals surface area (Å²) in [5.41, 5.74) is 8.02. The van der Waals surface area contributed by atoms with Gasteiger partial charge in [-0.3, -0.25) is 5.84 Å². The Morgan fingerprint density at radius 2 is 2.06 bits per heavy atom. The molecule has 0 heterocycles. The van der Waals surface area contributed by atoms with E-state index in [1.54, 1.807) is 24.3 Å². The maximum Gasteiger partial charge on any atom is 0.353 e. The van der Waals surface area contributed by atoms with E-state index in [2.05, 4.69) is 5.43 Å². The minimum Gasteiger partial charge on any atom is -0.477 e. The summed E-state index contributed by atoms with van der Waals surface area (Å²) in [5.74, 6) is 3.93. The zero-order valence-electron chi connectivity index (χ0n) is 8.85. The number of carboxylic acids is 1. The Balaban J connectivity index is 3.01. The third-order valence-corrected chi connectivity index (χ3v) is 2.36. The Labute approximate surface area is 103 Å². The first-order chi connectivity index (χ1) is 8.06. The highest BCUT2D eigenvalue weighted by Crippen LogP contribution is 2.16. The molecular formula is C11H12ClN3O2. The molecule has 0 amide bonds. The predicted molar refractivity (Wildman–Crippen MR) is 66.7 cm³/mol. The summed E-state index contributed by atoms with van der Waals surface area (Å²) < 4.78 is 0. The molecule has 0 aromatic heterocycles. The fourth-order valence-corrected chi connectivity index (χ4v) is 1.31. The summed E-state index contributed by atoms with van der Waals surface area (Å²) >= 11 is 5.93. The number of hydrazine groups is 1. The molecule has 0 fully saturated rings. The van der Waals surface area contributed by atoms with Crippen molar-refractivity contribution in [3.8, 4) is 0 Å². The molecular weight excluding hydrogens is 242 g/mol. The molecule has 0 aliphatic heterocycles. The van der Waals surface area contributed by atoms with E-state index >= 15 is 0 Å². The van der Waals surface area contributed by atoms with Gasteiger partial charge in [-0.25, -0.2) is 4.79 Å². The van der Waals surface area contributed by atoms with Crippen molar-refractivity contribution in [3.05, 3.63) is 52.3 Å². The van der Waals surface area contributed by atoms with Gasteiger partial charge in [0.05, 0.1) is 5.70 Å². The van der Waals surface area contributed by atoms with E-state index in [4.69, 9.17) is 28.3 Å². The molecule has 0 unspecified atom stereocenters. The highest BCUT2D eigenvalue weighted by molar-refractivity contribution is 6.32. The van der Waals surface area contributed by atoms with Crippen LogP contribution in [0.3, 0.4) is 0 Å². The Kier molecular flexibility index (Phi) is 4.56. The van der Waals surface area contributed by atoms with Crippen LogP contribution in [-0.4, -0.2) is 11.1 Å². The van der Waals surface area contributed by atoms with Gasteiger partial charge < -0.3 is 16.3 Å². The average Bonchev–Trinajstić information content (AvgIpc) is 2.31. The maximum absolute atomic E-state index is 10.6. The van der Waals surface area contributed by atoms with Crippen molar-refractivity contribution in [2.24, 2.45) is 11.6 Å². The molecule has 0 spiro atoms. The molecule has 17 heavy (non-hydrogen) atoms. The largest absolute Gasteiger partial charge is 0.477 e. The van der Waals surface area contributed by atoms with Crippen LogP contribution < -0.4 is 17.0 Å². The lowest BCUT2D eigenvalue weighted by molar-refractivity contribution is -0.132. The number of nitrogens with two attached hydrogens (primary N) is 2. The van der Waals surface area contributed by atoms with Crippen LogP contribution in [0.4, 0.5) is 0 Å². The van der Waals surface area contributed by atoms with E-state index < -0.39 is 5.97 Å². The number of carbonyl (C=O) groups is 1. The summed E-state index contributed by atoms with van der Waals surface area (Å²) in [6, 6.07) is 7.11. The van der Waals surface area contributed by atoms with Crippen molar-refractivity contribution in [2.45, 2.75) is 0 Å². The summed E-state index contributed by atoms with van der Waals surface area (Å²) in [6.07, 6.45) is 3.07. The second kappa shape index (κ2) is 5.93. The lowest BCUT2D eigenvalue weighted by Crippen LogP contribution is -2.26. The number of halogens is 1. The monoisotopic (exact) mass is 253 g/mol. The molecule has 5 nitrogen and oxygen atoms in total. The molecule has 6 N–H and O–H groups in total. The van der Waals surface area contributed by atoms with Crippen LogP contribution in [0.1, 0.15) is 5.56 Å². The van der Waals surface area contributed by atoms with Crippen molar-refractivity contribution in [3.63, 3.8) is 0 Å². The standard InChI is InChI=1S/C11H12ClN3O2/c12-8-4-2-1-3-7(8)5-6-9(15-14)10(13)11(16)17/h1-6,15H,13-14H2,(H,16,17)/b6-5+,10-9-. The minimum atomic E-state index is -1.25. The summed E-state index contributed by atoms with van der Waals surface area (Å²) in [6.45, 7) is 0. The average molecular weight is 254 g/mol. The molecule has 0 saturated heterocycles. The van der Waals surface area contributed by atoms with E-state index in [0.29, 0.717) is 5.02 Å². The van der Waals surface area contributed by atoms with Gasteiger partial charge in [0.1, 0.15) is 5.70 Å². The first-order valence-corrected chi connectivity index (χ1v) is 5.06. The Morgan fingerprint density at radius 1 is 1.41 bits per heavy atom. The zero-order valence-corrected chi connectivity index (χ0v) is 9.61.